The molecule has 8 bridgehead atoms. The van der Waals surface area contributed by atoms with Gasteiger partial charge in [0.1, 0.15) is 16.8 Å². The fourth-order valence-electron chi connectivity index (χ4n) is 12.0. The molecule has 0 aromatic carbocycles. The number of rotatable bonds is 7. The topological polar surface area (TPSA) is 51.6 Å². The van der Waals surface area contributed by atoms with Gasteiger partial charge in [0, 0.05) is 30.7 Å². The monoisotopic (exact) mass is 582 g/mol. The van der Waals surface area contributed by atoms with Crippen molar-refractivity contribution in [3.8, 4) is 0 Å². The Morgan fingerprint density at radius 2 is 1.05 bits per heavy atom. The van der Waals surface area contributed by atoms with Gasteiger partial charge in [-0.25, -0.2) is 19.9 Å². The van der Waals surface area contributed by atoms with Gasteiger partial charge in [0.2, 0.25) is 0 Å². The smallest absolute Gasteiger partial charge is 0.146 e. The molecule has 0 spiro atoms. The Bertz CT molecular complexity index is 1200. The summed E-state index contributed by atoms with van der Waals surface area (Å²) < 4.78 is 0. The zero-order valence-corrected chi connectivity index (χ0v) is 26.2. The minimum atomic E-state index is -0.559. The molecule has 2 aromatic heterocycles. The second-order valence-electron chi connectivity index (χ2n) is 15.1. The van der Waals surface area contributed by atoms with Crippen molar-refractivity contribution < 1.29 is 0 Å². The number of allylic oxidation sites excluding steroid dienone is 4. The van der Waals surface area contributed by atoms with Gasteiger partial charge in [-0.05, 0) is 141 Å². The van der Waals surface area contributed by atoms with Crippen LogP contribution in [0, 0.1) is 53.3 Å². The van der Waals surface area contributed by atoms with E-state index in [0.717, 1.165) is 70.3 Å². The van der Waals surface area contributed by atoms with Gasteiger partial charge in [-0.3, -0.25) is 0 Å². The van der Waals surface area contributed by atoms with E-state index in [4.69, 9.17) is 19.9 Å². The van der Waals surface area contributed by atoms with Gasteiger partial charge in [-0.1, -0.05) is 31.7 Å². The molecular weight excluding hydrogens is 538 g/mol. The van der Waals surface area contributed by atoms with Crippen molar-refractivity contribution in [1.29, 1.82) is 0 Å². The van der Waals surface area contributed by atoms with Crippen molar-refractivity contribution in [2.24, 2.45) is 53.3 Å². The van der Waals surface area contributed by atoms with Crippen LogP contribution < -0.4 is 0 Å². The van der Waals surface area contributed by atoms with Crippen LogP contribution in [0.15, 0.2) is 60.7 Å². The van der Waals surface area contributed by atoms with Gasteiger partial charge < -0.3 is 0 Å². The fourth-order valence-corrected chi connectivity index (χ4v) is 17.3. The average Bonchev–Trinajstić information content (AvgIpc) is 3.45. The summed E-state index contributed by atoms with van der Waals surface area (Å²) in [6, 6.07) is 3.83. The predicted molar refractivity (Wildman–Crippen MR) is 169 cm³/mol. The summed E-state index contributed by atoms with van der Waals surface area (Å²) in [4.78, 5) is 19.3. The maximum atomic E-state index is 4.82. The standard InChI is InChI=1S/C35H44N4P2/c40-35(33-36-6-2-7-37-33,34-38-8-3-9-39-34)30-5-1-4-25(30)20-41(31-26-12-21-10-22(14-26)15-27(31)13-21)32-28-16-23-11-24(18-28)19-29(32)17-23/h1-9,21-24,26-32H,10-20,40H2. The first-order valence-electron chi connectivity index (χ1n) is 16.6. The Morgan fingerprint density at radius 1 is 0.634 bits per heavy atom. The Labute approximate surface area is 249 Å². The van der Waals surface area contributed by atoms with Crippen LogP contribution in [0.3, 0.4) is 0 Å². The number of nitrogens with zero attached hydrogens (tertiary/aromatic N) is 4. The lowest BCUT2D eigenvalue weighted by Gasteiger charge is -2.62. The minimum Gasteiger partial charge on any atom is -0.240 e. The van der Waals surface area contributed by atoms with E-state index >= 15 is 0 Å². The van der Waals surface area contributed by atoms with E-state index in [0.29, 0.717) is 0 Å². The molecule has 0 radical (unpaired) electrons. The third-order valence-electron chi connectivity index (χ3n) is 12.9. The molecule has 214 valence electrons. The highest BCUT2D eigenvalue weighted by molar-refractivity contribution is 7.59. The molecule has 41 heavy (non-hydrogen) atoms. The molecule has 2 unspecified atom stereocenters. The van der Waals surface area contributed by atoms with E-state index < -0.39 is 5.16 Å². The molecule has 9 aliphatic rings. The van der Waals surface area contributed by atoms with E-state index in [2.05, 4.69) is 27.5 Å². The van der Waals surface area contributed by atoms with Gasteiger partial charge >= 0.3 is 0 Å². The molecule has 6 heteroatoms. The maximum absolute atomic E-state index is 4.82. The molecule has 2 aromatic rings. The molecule has 0 saturated heterocycles. The van der Waals surface area contributed by atoms with E-state index in [1.807, 2.05) is 36.9 Å². The number of aromatic nitrogens is 4. The lowest BCUT2D eigenvalue weighted by molar-refractivity contribution is 0.0131. The van der Waals surface area contributed by atoms with Crippen molar-refractivity contribution in [1.82, 2.24) is 19.9 Å². The molecule has 0 amide bonds. The lowest BCUT2D eigenvalue weighted by atomic mass is 9.55. The normalized spacial score (nSPS) is 42.6. The van der Waals surface area contributed by atoms with Crippen LogP contribution in [0.2, 0.25) is 0 Å². The summed E-state index contributed by atoms with van der Waals surface area (Å²) in [7, 11) is 3.08. The summed E-state index contributed by atoms with van der Waals surface area (Å²) in [5.41, 5.74) is 3.61. The third-order valence-corrected chi connectivity index (χ3v) is 17.7. The van der Waals surface area contributed by atoms with Crippen LogP contribution in [0.5, 0.6) is 0 Å². The van der Waals surface area contributed by atoms with Crippen molar-refractivity contribution >= 4 is 17.2 Å². The van der Waals surface area contributed by atoms with E-state index in [1.54, 1.807) is 69.8 Å². The first-order chi connectivity index (χ1) is 20.1. The second kappa shape index (κ2) is 10.0. The molecule has 8 fully saturated rings. The predicted octanol–water partition coefficient (Wildman–Crippen LogP) is 7.63. The van der Waals surface area contributed by atoms with Crippen LogP contribution in [-0.4, -0.2) is 37.4 Å². The molecule has 2 heterocycles. The third kappa shape index (κ3) is 4.20. The van der Waals surface area contributed by atoms with Crippen LogP contribution in [0.4, 0.5) is 0 Å². The number of hydrogen-bond acceptors (Lipinski definition) is 4. The molecule has 0 N–H and O–H groups in total. The van der Waals surface area contributed by atoms with Crippen LogP contribution in [0.25, 0.3) is 0 Å². The SMILES string of the molecule is PC(c1ncccn1)(c1ncccn1)C1C=CC=C1CP(C1C2CC3CC(C2)CC1C3)C1C2CC3CC(C2)CC1C3. The highest BCUT2D eigenvalue weighted by Gasteiger charge is 2.57. The van der Waals surface area contributed by atoms with Gasteiger partial charge in [0.25, 0.3) is 0 Å². The molecule has 4 nitrogen and oxygen atoms in total. The Morgan fingerprint density at radius 3 is 1.46 bits per heavy atom. The highest BCUT2D eigenvalue weighted by atomic mass is 31.1. The van der Waals surface area contributed by atoms with Gasteiger partial charge in [-0.15, -0.1) is 9.24 Å². The molecule has 8 saturated carbocycles. The fraction of sp³-hybridized carbons (Fsp3) is 0.657. The van der Waals surface area contributed by atoms with Gasteiger partial charge in [-0.2, -0.15) is 0 Å². The zero-order valence-electron chi connectivity index (χ0n) is 24.1. The quantitative estimate of drug-likeness (QED) is 0.315. The van der Waals surface area contributed by atoms with E-state index in [-0.39, 0.29) is 13.8 Å². The first-order valence-corrected chi connectivity index (χ1v) is 18.8. The van der Waals surface area contributed by atoms with Crippen molar-refractivity contribution in [3.63, 3.8) is 0 Å². The number of hydrogen-bond donors (Lipinski definition) is 0. The molecular formula is C35H44N4P2. The maximum Gasteiger partial charge on any atom is 0.146 e. The van der Waals surface area contributed by atoms with Crippen molar-refractivity contribution in [2.45, 2.75) is 80.7 Å². The first kappa shape index (κ1) is 25.9. The Kier molecular flexibility index (Phi) is 6.34. The lowest BCUT2D eigenvalue weighted by Crippen LogP contribution is -2.53. The largest absolute Gasteiger partial charge is 0.240 e. The van der Waals surface area contributed by atoms with Crippen molar-refractivity contribution in [3.05, 3.63) is 72.4 Å². The average molecular weight is 583 g/mol. The van der Waals surface area contributed by atoms with Gasteiger partial charge in [0.15, 0.2) is 0 Å². The Balaban J connectivity index is 1.10. The van der Waals surface area contributed by atoms with Crippen LogP contribution in [-0.2, 0) is 5.16 Å². The second-order valence-corrected chi connectivity index (χ2v) is 18.6. The molecule has 11 rings (SSSR count). The van der Waals surface area contributed by atoms with Crippen LogP contribution >= 0.6 is 17.2 Å². The molecule has 2 atom stereocenters. The summed E-state index contributed by atoms with van der Waals surface area (Å²) >= 11 is 0. The molecule has 9 aliphatic carbocycles. The van der Waals surface area contributed by atoms with Crippen molar-refractivity contribution in [2.75, 3.05) is 6.16 Å². The summed E-state index contributed by atoms with van der Waals surface area (Å²) in [6.07, 6.45) is 31.5. The Hall–Kier alpha value is -1.50. The highest BCUT2D eigenvalue weighted by Crippen LogP contribution is 2.72. The van der Waals surface area contributed by atoms with E-state index in [1.165, 1.54) is 6.16 Å². The summed E-state index contributed by atoms with van der Waals surface area (Å²) in [5, 5.41) is -0.559. The zero-order chi connectivity index (χ0) is 27.1. The minimum absolute atomic E-state index is 0.0823. The van der Waals surface area contributed by atoms with Crippen LogP contribution in [0.1, 0.15) is 75.9 Å². The summed E-state index contributed by atoms with van der Waals surface area (Å²) in [5.74, 6) is 10.1. The van der Waals surface area contributed by atoms with Gasteiger partial charge in [0.05, 0.1) is 0 Å². The van der Waals surface area contributed by atoms with E-state index in [9.17, 15) is 0 Å². The molecule has 0 aliphatic heterocycles. The summed E-state index contributed by atoms with van der Waals surface area (Å²) in [6.45, 7) is 0.